The van der Waals surface area contributed by atoms with Crippen LogP contribution in [0.4, 0.5) is 19.0 Å². The van der Waals surface area contributed by atoms with Crippen LogP contribution >= 0.6 is 22.9 Å². The number of aromatic nitrogens is 2. The summed E-state index contributed by atoms with van der Waals surface area (Å²) in [6.45, 7) is 1.37. The van der Waals surface area contributed by atoms with Crippen LogP contribution in [0.1, 0.15) is 23.4 Å². The molecule has 1 saturated heterocycles. The highest BCUT2D eigenvalue weighted by Gasteiger charge is 2.33. The molecule has 0 saturated carbocycles. The van der Waals surface area contributed by atoms with E-state index in [9.17, 15) is 18.0 Å². The van der Waals surface area contributed by atoms with E-state index in [-0.39, 0.29) is 16.8 Å². The summed E-state index contributed by atoms with van der Waals surface area (Å²) in [6, 6.07) is 8.70. The van der Waals surface area contributed by atoms with E-state index in [1.807, 2.05) is 29.2 Å². The monoisotopic (exact) mass is 454 g/mol. The van der Waals surface area contributed by atoms with Crippen molar-refractivity contribution in [1.82, 2.24) is 15.3 Å². The second-order valence-corrected chi connectivity index (χ2v) is 8.60. The molecule has 0 atom stereocenters. The van der Waals surface area contributed by atoms with Crippen LogP contribution < -0.4 is 10.2 Å². The van der Waals surface area contributed by atoms with Crippen LogP contribution in [0.15, 0.2) is 36.5 Å². The van der Waals surface area contributed by atoms with Gasteiger partial charge in [0, 0.05) is 25.2 Å². The van der Waals surface area contributed by atoms with Crippen molar-refractivity contribution >= 4 is 44.9 Å². The Labute approximate surface area is 179 Å². The SMILES string of the molecule is O=C(NCc1nc2ccccc2s1)C1CCN(c2ncc(C(F)(F)F)cc2Cl)CC1. The van der Waals surface area contributed by atoms with Crippen molar-refractivity contribution in [2.24, 2.45) is 5.92 Å². The number of nitrogens with one attached hydrogen (secondary N) is 1. The van der Waals surface area contributed by atoms with Gasteiger partial charge in [-0.3, -0.25) is 4.79 Å². The maximum absolute atomic E-state index is 12.8. The van der Waals surface area contributed by atoms with Gasteiger partial charge in [-0.2, -0.15) is 13.2 Å². The number of hydrogen-bond donors (Lipinski definition) is 1. The van der Waals surface area contributed by atoms with Crippen molar-refractivity contribution in [2.45, 2.75) is 25.6 Å². The number of fused-ring (bicyclic) bond motifs is 1. The van der Waals surface area contributed by atoms with Crippen molar-refractivity contribution < 1.29 is 18.0 Å². The third-order valence-electron chi connectivity index (χ3n) is 5.07. The van der Waals surface area contributed by atoms with Crippen molar-refractivity contribution in [3.63, 3.8) is 0 Å². The van der Waals surface area contributed by atoms with Crippen LogP contribution in [0, 0.1) is 5.92 Å². The number of carbonyl (C=O) groups is 1. The molecule has 1 aliphatic heterocycles. The molecular formula is C20H18ClF3N4OS. The Morgan fingerprint density at radius 2 is 2.00 bits per heavy atom. The Hall–Kier alpha value is -2.39. The summed E-state index contributed by atoms with van der Waals surface area (Å²) in [5, 5.41) is 3.75. The fourth-order valence-corrected chi connectivity index (χ4v) is 4.67. The molecule has 4 rings (SSSR count). The average molecular weight is 455 g/mol. The van der Waals surface area contributed by atoms with E-state index in [0.29, 0.717) is 38.3 Å². The summed E-state index contributed by atoms with van der Waals surface area (Å²) in [6.07, 6.45) is -2.54. The molecule has 0 bridgehead atoms. The van der Waals surface area contributed by atoms with Gasteiger partial charge >= 0.3 is 6.18 Å². The Bertz CT molecular complexity index is 1030. The van der Waals surface area contributed by atoms with Gasteiger partial charge in [0.1, 0.15) is 10.8 Å². The fraction of sp³-hybridized carbons (Fsp3) is 0.350. The smallest absolute Gasteiger partial charge is 0.355 e. The molecule has 1 aliphatic rings. The molecule has 10 heteroatoms. The number of nitrogens with zero attached hydrogens (tertiary/aromatic N) is 3. The van der Waals surface area contributed by atoms with Crippen molar-refractivity contribution in [1.29, 1.82) is 0 Å². The first-order chi connectivity index (χ1) is 14.3. The molecule has 1 fully saturated rings. The number of pyridine rings is 1. The number of thiazole rings is 1. The van der Waals surface area contributed by atoms with Gasteiger partial charge in [0.2, 0.25) is 5.91 Å². The van der Waals surface area contributed by atoms with E-state index in [4.69, 9.17) is 11.6 Å². The van der Waals surface area contributed by atoms with Crippen LogP contribution in [0.2, 0.25) is 5.02 Å². The molecule has 0 spiro atoms. The highest BCUT2D eigenvalue weighted by atomic mass is 35.5. The second-order valence-electron chi connectivity index (χ2n) is 7.08. The predicted molar refractivity (Wildman–Crippen MR) is 111 cm³/mol. The minimum Gasteiger partial charge on any atom is -0.355 e. The van der Waals surface area contributed by atoms with Gasteiger partial charge in [0.25, 0.3) is 0 Å². The number of carbonyl (C=O) groups excluding carboxylic acids is 1. The lowest BCUT2D eigenvalue weighted by Crippen LogP contribution is -2.40. The summed E-state index contributed by atoms with van der Waals surface area (Å²) in [5.74, 6) is 0.113. The van der Waals surface area contributed by atoms with Gasteiger partial charge in [-0.25, -0.2) is 9.97 Å². The normalized spacial score (nSPS) is 15.5. The lowest BCUT2D eigenvalue weighted by atomic mass is 9.96. The van der Waals surface area contributed by atoms with Crippen LogP contribution in [0.25, 0.3) is 10.2 Å². The molecule has 5 nitrogen and oxygen atoms in total. The molecule has 30 heavy (non-hydrogen) atoms. The van der Waals surface area contributed by atoms with Crippen molar-refractivity contribution in [3.8, 4) is 0 Å². The number of benzene rings is 1. The Morgan fingerprint density at radius 3 is 2.67 bits per heavy atom. The van der Waals surface area contributed by atoms with Crippen molar-refractivity contribution in [3.05, 3.63) is 52.1 Å². The van der Waals surface area contributed by atoms with E-state index in [1.54, 1.807) is 11.3 Å². The highest BCUT2D eigenvalue weighted by molar-refractivity contribution is 7.18. The predicted octanol–water partition coefficient (Wildman–Crippen LogP) is 4.90. The van der Waals surface area contributed by atoms with Gasteiger partial charge in [-0.05, 0) is 31.0 Å². The average Bonchev–Trinajstić information content (AvgIpc) is 3.14. The van der Waals surface area contributed by atoms with E-state index < -0.39 is 11.7 Å². The molecule has 0 radical (unpaired) electrons. The zero-order chi connectivity index (χ0) is 21.3. The number of alkyl halides is 3. The first-order valence-electron chi connectivity index (χ1n) is 9.41. The maximum Gasteiger partial charge on any atom is 0.417 e. The van der Waals surface area contributed by atoms with Crippen LogP contribution in [-0.2, 0) is 17.5 Å². The lowest BCUT2D eigenvalue weighted by molar-refractivity contribution is -0.137. The molecule has 1 N–H and O–H groups in total. The number of piperidine rings is 1. The number of para-hydroxylation sites is 1. The molecule has 1 amide bonds. The molecule has 3 heterocycles. The second kappa shape index (κ2) is 8.39. The quantitative estimate of drug-likeness (QED) is 0.609. The number of anilines is 1. The van der Waals surface area contributed by atoms with Crippen LogP contribution in [0.3, 0.4) is 0 Å². The lowest BCUT2D eigenvalue weighted by Gasteiger charge is -2.32. The standard InChI is InChI=1S/C20H18ClF3N4OS/c21-14-9-13(20(22,23)24)10-25-18(14)28-7-5-12(6-8-28)19(29)26-11-17-27-15-3-1-2-4-16(15)30-17/h1-4,9-10,12H,5-8,11H2,(H,26,29). The number of halogens is 4. The number of rotatable bonds is 4. The molecule has 2 aromatic heterocycles. The molecule has 158 valence electrons. The van der Waals surface area contributed by atoms with Crippen LogP contribution in [0.5, 0.6) is 0 Å². The zero-order valence-electron chi connectivity index (χ0n) is 15.7. The zero-order valence-corrected chi connectivity index (χ0v) is 17.3. The fourth-order valence-electron chi connectivity index (χ4n) is 3.47. The van der Waals surface area contributed by atoms with Gasteiger partial charge in [-0.15, -0.1) is 11.3 Å². The summed E-state index contributed by atoms with van der Waals surface area (Å²) in [7, 11) is 0. The topological polar surface area (TPSA) is 58.1 Å². The van der Waals surface area contributed by atoms with Gasteiger partial charge < -0.3 is 10.2 Å². The number of hydrogen-bond acceptors (Lipinski definition) is 5. The number of amides is 1. The third kappa shape index (κ3) is 4.52. The van der Waals surface area contributed by atoms with Gasteiger partial charge in [0.05, 0.1) is 27.3 Å². The summed E-state index contributed by atoms with van der Waals surface area (Å²) < 4.78 is 39.4. The molecule has 0 aliphatic carbocycles. The van der Waals surface area contributed by atoms with E-state index in [1.165, 1.54) is 0 Å². The minimum atomic E-state index is -4.48. The Balaban J connectivity index is 1.32. The van der Waals surface area contributed by atoms with Crippen molar-refractivity contribution in [2.75, 3.05) is 18.0 Å². The molecule has 1 aromatic carbocycles. The van der Waals surface area contributed by atoms with E-state index >= 15 is 0 Å². The Kier molecular flexibility index (Phi) is 5.84. The molecular weight excluding hydrogens is 437 g/mol. The summed E-state index contributed by atoms with van der Waals surface area (Å²) in [5.41, 5.74) is 0.0429. The van der Waals surface area contributed by atoms with E-state index in [0.717, 1.165) is 27.5 Å². The Morgan fingerprint density at radius 1 is 1.27 bits per heavy atom. The first kappa shape index (κ1) is 20.9. The van der Waals surface area contributed by atoms with Gasteiger partial charge in [-0.1, -0.05) is 23.7 Å². The summed E-state index contributed by atoms with van der Waals surface area (Å²) >= 11 is 7.58. The third-order valence-corrected chi connectivity index (χ3v) is 6.38. The minimum absolute atomic E-state index is 0.0384. The van der Waals surface area contributed by atoms with Crippen LogP contribution in [-0.4, -0.2) is 29.0 Å². The van der Waals surface area contributed by atoms with Gasteiger partial charge in [0.15, 0.2) is 0 Å². The molecule has 0 unspecified atom stereocenters. The largest absolute Gasteiger partial charge is 0.417 e. The van der Waals surface area contributed by atoms with E-state index in [2.05, 4.69) is 15.3 Å². The summed E-state index contributed by atoms with van der Waals surface area (Å²) in [4.78, 5) is 22.8. The first-order valence-corrected chi connectivity index (χ1v) is 10.6. The maximum atomic E-state index is 12.8. The highest BCUT2D eigenvalue weighted by Crippen LogP contribution is 2.34. The molecule has 3 aromatic rings.